The van der Waals surface area contributed by atoms with E-state index in [1.807, 2.05) is 0 Å². The highest BCUT2D eigenvalue weighted by molar-refractivity contribution is 5.48. The Morgan fingerprint density at radius 2 is 1.81 bits per heavy atom. The maximum absolute atomic E-state index is 13.1. The maximum atomic E-state index is 13.1. The Labute approximate surface area is 93.3 Å². The van der Waals surface area contributed by atoms with Crippen molar-refractivity contribution >= 4 is 5.69 Å². The molecule has 4 heteroatoms. The Bertz CT molecular complexity index is 395. The summed E-state index contributed by atoms with van der Waals surface area (Å²) in [5.74, 6) is -0.995. The summed E-state index contributed by atoms with van der Waals surface area (Å²) < 4.78 is 26.2. The molecular weight excluding hydrogens is 210 g/mol. The summed E-state index contributed by atoms with van der Waals surface area (Å²) in [7, 11) is 0. The second-order valence-electron chi connectivity index (χ2n) is 4.90. The van der Waals surface area contributed by atoms with Crippen molar-refractivity contribution in [2.75, 3.05) is 31.1 Å². The molecule has 86 valence electrons. The van der Waals surface area contributed by atoms with Gasteiger partial charge in [-0.05, 0) is 18.6 Å². The van der Waals surface area contributed by atoms with Gasteiger partial charge in [-0.15, -0.1) is 0 Å². The van der Waals surface area contributed by atoms with Crippen LogP contribution in [0, 0.1) is 17.0 Å². The molecule has 1 spiro atoms. The third-order valence-corrected chi connectivity index (χ3v) is 3.65. The van der Waals surface area contributed by atoms with E-state index in [0.717, 1.165) is 38.7 Å². The van der Waals surface area contributed by atoms with Gasteiger partial charge in [-0.25, -0.2) is 8.78 Å². The molecule has 0 amide bonds. The summed E-state index contributed by atoms with van der Waals surface area (Å²) in [4.78, 5) is 2.08. The molecule has 0 saturated carbocycles. The van der Waals surface area contributed by atoms with Gasteiger partial charge in [0.05, 0.1) is 0 Å². The van der Waals surface area contributed by atoms with E-state index >= 15 is 0 Å². The van der Waals surface area contributed by atoms with Crippen LogP contribution in [-0.4, -0.2) is 26.2 Å². The topological polar surface area (TPSA) is 15.3 Å². The lowest BCUT2D eigenvalue weighted by Gasteiger charge is -2.39. The molecule has 1 aromatic rings. The smallest absolute Gasteiger partial charge is 0.128 e. The van der Waals surface area contributed by atoms with Gasteiger partial charge in [-0.1, -0.05) is 0 Å². The Morgan fingerprint density at radius 3 is 2.31 bits per heavy atom. The first-order valence-electron chi connectivity index (χ1n) is 5.59. The Balaban J connectivity index is 1.82. The minimum absolute atomic E-state index is 0.350. The molecule has 2 aliphatic rings. The van der Waals surface area contributed by atoms with Gasteiger partial charge in [0.2, 0.25) is 0 Å². The predicted octanol–water partition coefficient (Wildman–Crippen LogP) is 1.76. The molecule has 0 aliphatic carbocycles. The Kier molecular flexibility index (Phi) is 2.14. The van der Waals surface area contributed by atoms with E-state index in [1.165, 1.54) is 12.1 Å². The predicted molar refractivity (Wildman–Crippen MR) is 58.5 cm³/mol. The lowest BCUT2D eigenvalue weighted by atomic mass is 9.81. The average molecular weight is 224 g/mol. The number of rotatable bonds is 1. The van der Waals surface area contributed by atoms with Gasteiger partial charge >= 0.3 is 0 Å². The largest absolute Gasteiger partial charge is 0.371 e. The Hall–Kier alpha value is -1.16. The molecule has 2 nitrogen and oxygen atoms in total. The molecule has 16 heavy (non-hydrogen) atoms. The highest BCUT2D eigenvalue weighted by atomic mass is 19.1. The van der Waals surface area contributed by atoms with Gasteiger partial charge in [0, 0.05) is 43.3 Å². The monoisotopic (exact) mass is 224 g/mol. The standard InChI is InChI=1S/C12H14F2N2/c13-9-3-10(14)5-11(4-9)16-2-1-12(8-16)6-15-7-12/h3-5,15H,1-2,6-8H2. The number of nitrogens with one attached hydrogen (secondary N) is 1. The second-order valence-corrected chi connectivity index (χ2v) is 4.90. The van der Waals surface area contributed by atoms with Crippen LogP contribution in [-0.2, 0) is 0 Å². The third-order valence-electron chi connectivity index (χ3n) is 3.65. The quantitative estimate of drug-likeness (QED) is 0.782. The highest BCUT2D eigenvalue weighted by Crippen LogP contribution is 2.36. The lowest BCUT2D eigenvalue weighted by Crippen LogP contribution is -2.54. The first-order chi connectivity index (χ1) is 7.67. The minimum atomic E-state index is -0.498. The van der Waals surface area contributed by atoms with Crippen molar-refractivity contribution in [2.24, 2.45) is 5.41 Å². The molecule has 1 N–H and O–H groups in total. The molecule has 2 fully saturated rings. The van der Waals surface area contributed by atoms with Crippen molar-refractivity contribution in [3.8, 4) is 0 Å². The van der Waals surface area contributed by atoms with E-state index in [9.17, 15) is 8.78 Å². The summed E-state index contributed by atoms with van der Waals surface area (Å²) in [6, 6.07) is 3.74. The molecule has 2 saturated heterocycles. The normalized spacial score (nSPS) is 22.5. The molecule has 1 aromatic carbocycles. The fourth-order valence-corrected chi connectivity index (χ4v) is 2.64. The number of hydrogen-bond donors (Lipinski definition) is 1. The second kappa shape index (κ2) is 3.42. The molecule has 0 atom stereocenters. The number of anilines is 1. The maximum Gasteiger partial charge on any atom is 0.128 e. The van der Waals surface area contributed by atoms with Crippen molar-refractivity contribution in [3.63, 3.8) is 0 Å². The molecule has 2 heterocycles. The fourth-order valence-electron chi connectivity index (χ4n) is 2.64. The van der Waals surface area contributed by atoms with E-state index < -0.39 is 11.6 Å². The summed E-state index contributed by atoms with van der Waals surface area (Å²) in [5, 5.41) is 3.26. The van der Waals surface area contributed by atoms with Gasteiger partial charge in [0.25, 0.3) is 0 Å². The van der Waals surface area contributed by atoms with Gasteiger partial charge in [-0.3, -0.25) is 0 Å². The molecule has 0 bridgehead atoms. The van der Waals surface area contributed by atoms with Crippen molar-refractivity contribution in [3.05, 3.63) is 29.8 Å². The zero-order chi connectivity index (χ0) is 11.2. The third kappa shape index (κ3) is 1.57. The zero-order valence-corrected chi connectivity index (χ0v) is 8.97. The number of hydrogen-bond acceptors (Lipinski definition) is 2. The summed E-state index contributed by atoms with van der Waals surface area (Å²) in [5.41, 5.74) is 1.02. The van der Waals surface area contributed by atoms with E-state index in [-0.39, 0.29) is 0 Å². The molecule has 0 unspecified atom stereocenters. The van der Waals surface area contributed by atoms with E-state index in [2.05, 4.69) is 10.2 Å². The van der Waals surface area contributed by atoms with Gasteiger partial charge in [-0.2, -0.15) is 0 Å². The number of benzene rings is 1. The summed E-state index contributed by atoms with van der Waals surface area (Å²) in [6.07, 6.45) is 1.11. The Morgan fingerprint density at radius 1 is 1.12 bits per heavy atom. The van der Waals surface area contributed by atoms with E-state index in [1.54, 1.807) is 0 Å². The van der Waals surface area contributed by atoms with Crippen LogP contribution in [0.2, 0.25) is 0 Å². The summed E-state index contributed by atoms with van der Waals surface area (Å²) in [6.45, 7) is 3.86. The van der Waals surface area contributed by atoms with Crippen LogP contribution in [0.4, 0.5) is 14.5 Å². The van der Waals surface area contributed by atoms with Crippen molar-refractivity contribution in [2.45, 2.75) is 6.42 Å². The van der Waals surface area contributed by atoms with Crippen LogP contribution < -0.4 is 10.2 Å². The SMILES string of the molecule is Fc1cc(F)cc(N2CCC3(CNC3)C2)c1. The zero-order valence-electron chi connectivity index (χ0n) is 8.97. The highest BCUT2D eigenvalue weighted by Gasteiger charge is 2.42. The van der Waals surface area contributed by atoms with Gasteiger partial charge < -0.3 is 10.2 Å². The van der Waals surface area contributed by atoms with Crippen LogP contribution >= 0.6 is 0 Å². The van der Waals surface area contributed by atoms with Crippen molar-refractivity contribution < 1.29 is 8.78 Å². The number of halogens is 2. The van der Waals surface area contributed by atoms with Crippen LogP contribution in [0.3, 0.4) is 0 Å². The molecule has 3 rings (SSSR count). The van der Waals surface area contributed by atoms with Crippen LogP contribution in [0.15, 0.2) is 18.2 Å². The van der Waals surface area contributed by atoms with E-state index in [0.29, 0.717) is 11.1 Å². The first kappa shape index (κ1) is 10.0. The molecule has 0 radical (unpaired) electrons. The minimum Gasteiger partial charge on any atom is -0.371 e. The van der Waals surface area contributed by atoms with Gasteiger partial charge in [0.1, 0.15) is 11.6 Å². The lowest BCUT2D eigenvalue weighted by molar-refractivity contribution is 0.200. The first-order valence-corrected chi connectivity index (χ1v) is 5.59. The summed E-state index contributed by atoms with van der Waals surface area (Å²) >= 11 is 0. The van der Waals surface area contributed by atoms with Crippen LogP contribution in [0.25, 0.3) is 0 Å². The average Bonchev–Trinajstić information content (AvgIpc) is 2.59. The van der Waals surface area contributed by atoms with Crippen molar-refractivity contribution in [1.29, 1.82) is 0 Å². The fraction of sp³-hybridized carbons (Fsp3) is 0.500. The van der Waals surface area contributed by atoms with Crippen molar-refractivity contribution in [1.82, 2.24) is 5.32 Å². The van der Waals surface area contributed by atoms with Gasteiger partial charge in [0.15, 0.2) is 0 Å². The van der Waals surface area contributed by atoms with E-state index in [4.69, 9.17) is 0 Å². The van der Waals surface area contributed by atoms with Crippen LogP contribution in [0.1, 0.15) is 6.42 Å². The number of nitrogens with zero attached hydrogens (tertiary/aromatic N) is 1. The van der Waals surface area contributed by atoms with Crippen LogP contribution in [0.5, 0.6) is 0 Å². The molecular formula is C12H14F2N2. The molecule has 2 aliphatic heterocycles. The molecule has 0 aromatic heterocycles.